The van der Waals surface area contributed by atoms with Gasteiger partial charge in [-0.3, -0.25) is 0 Å². The van der Waals surface area contributed by atoms with E-state index in [4.69, 9.17) is 10.8 Å². The fourth-order valence-corrected chi connectivity index (χ4v) is 1.26. The number of benzene rings is 1. The molecule has 17 heavy (non-hydrogen) atoms. The molecular weight excluding hydrogens is 242 g/mol. The van der Waals surface area contributed by atoms with Gasteiger partial charge in [0.2, 0.25) is 0 Å². The Morgan fingerprint density at radius 2 is 2.00 bits per heavy atom. The van der Waals surface area contributed by atoms with Crippen molar-refractivity contribution in [3.05, 3.63) is 29.6 Å². The molecule has 0 amide bonds. The molecule has 1 rings (SSSR count). The molecule has 1 aromatic rings. The van der Waals surface area contributed by atoms with Gasteiger partial charge in [-0.15, -0.1) is 13.2 Å². The number of hydrogen-bond acceptors (Lipinski definition) is 3. The Labute approximate surface area is 94.8 Å². The zero-order valence-corrected chi connectivity index (χ0v) is 8.67. The zero-order valence-electron chi connectivity index (χ0n) is 8.67. The van der Waals surface area contributed by atoms with Gasteiger partial charge in [0, 0.05) is 12.6 Å². The van der Waals surface area contributed by atoms with Crippen LogP contribution in [0, 0.1) is 5.82 Å². The lowest BCUT2D eigenvalue weighted by molar-refractivity contribution is -0.275. The smallest absolute Gasteiger partial charge is 0.403 e. The Balaban J connectivity index is 2.86. The van der Waals surface area contributed by atoms with E-state index in [2.05, 4.69) is 4.74 Å². The molecule has 0 radical (unpaired) electrons. The molecule has 0 aliphatic heterocycles. The second-order valence-electron chi connectivity index (χ2n) is 3.36. The van der Waals surface area contributed by atoms with Crippen LogP contribution in [0.2, 0.25) is 0 Å². The minimum absolute atomic E-state index is 0.191. The van der Waals surface area contributed by atoms with Crippen molar-refractivity contribution in [1.29, 1.82) is 0 Å². The van der Waals surface area contributed by atoms with E-state index in [-0.39, 0.29) is 13.0 Å². The molecule has 0 unspecified atom stereocenters. The van der Waals surface area contributed by atoms with Crippen molar-refractivity contribution in [2.45, 2.75) is 18.8 Å². The molecule has 3 nitrogen and oxygen atoms in total. The number of hydrogen-bond donors (Lipinski definition) is 2. The number of rotatable bonds is 4. The summed E-state index contributed by atoms with van der Waals surface area (Å²) in [6.07, 6.45) is -4.74. The summed E-state index contributed by atoms with van der Waals surface area (Å²) in [5, 5.41) is 8.63. The van der Waals surface area contributed by atoms with Gasteiger partial charge < -0.3 is 15.6 Å². The van der Waals surface area contributed by atoms with Crippen LogP contribution < -0.4 is 10.5 Å². The maximum absolute atomic E-state index is 13.2. The second-order valence-corrected chi connectivity index (χ2v) is 3.36. The predicted molar refractivity (Wildman–Crippen MR) is 51.7 cm³/mol. The summed E-state index contributed by atoms with van der Waals surface area (Å²) in [6, 6.07) is 2.32. The number of halogens is 4. The van der Waals surface area contributed by atoms with Gasteiger partial charge in [0.25, 0.3) is 0 Å². The minimum Gasteiger partial charge on any atom is -0.403 e. The van der Waals surface area contributed by atoms with Crippen molar-refractivity contribution < 1.29 is 27.4 Å². The van der Waals surface area contributed by atoms with Gasteiger partial charge in [-0.05, 0) is 24.1 Å². The second kappa shape index (κ2) is 5.33. The normalized spacial score (nSPS) is 13.5. The first kappa shape index (κ1) is 13.7. The monoisotopic (exact) mass is 253 g/mol. The van der Waals surface area contributed by atoms with Gasteiger partial charge in [0.1, 0.15) is 0 Å². The SMILES string of the molecule is N[C@@H](CCO)c1ccc(OC(F)(F)F)c(F)c1. The molecule has 7 heteroatoms. The van der Waals surface area contributed by atoms with E-state index < -0.39 is 24.0 Å². The van der Waals surface area contributed by atoms with Crippen LogP contribution in [0.3, 0.4) is 0 Å². The molecule has 0 spiro atoms. The average Bonchev–Trinajstić information content (AvgIpc) is 2.19. The Hall–Kier alpha value is -1.34. The third-order valence-corrected chi connectivity index (χ3v) is 2.05. The van der Waals surface area contributed by atoms with Gasteiger partial charge in [-0.1, -0.05) is 6.07 Å². The molecule has 0 saturated carbocycles. The van der Waals surface area contributed by atoms with Crippen LogP contribution >= 0.6 is 0 Å². The van der Waals surface area contributed by atoms with Gasteiger partial charge in [0.05, 0.1) is 0 Å². The molecule has 96 valence electrons. The first-order valence-electron chi connectivity index (χ1n) is 4.75. The highest BCUT2D eigenvalue weighted by Gasteiger charge is 2.32. The van der Waals surface area contributed by atoms with Crippen LogP contribution in [0.25, 0.3) is 0 Å². The van der Waals surface area contributed by atoms with Crippen molar-refractivity contribution >= 4 is 0 Å². The Kier molecular flexibility index (Phi) is 4.30. The third kappa shape index (κ3) is 4.20. The van der Waals surface area contributed by atoms with Crippen molar-refractivity contribution in [3.8, 4) is 5.75 Å². The average molecular weight is 253 g/mol. The Morgan fingerprint density at radius 1 is 1.35 bits per heavy atom. The van der Waals surface area contributed by atoms with Crippen molar-refractivity contribution in [1.82, 2.24) is 0 Å². The summed E-state index contributed by atoms with van der Waals surface area (Å²) in [4.78, 5) is 0. The van der Waals surface area contributed by atoms with Crippen LogP contribution in [0.15, 0.2) is 18.2 Å². The van der Waals surface area contributed by atoms with E-state index in [1.54, 1.807) is 0 Å². The first-order chi connectivity index (χ1) is 7.83. The molecule has 0 aliphatic rings. The van der Waals surface area contributed by atoms with Gasteiger partial charge >= 0.3 is 6.36 Å². The molecular formula is C10H11F4NO2. The van der Waals surface area contributed by atoms with E-state index in [0.29, 0.717) is 5.56 Å². The fraction of sp³-hybridized carbons (Fsp3) is 0.400. The Bertz CT molecular complexity index is 381. The largest absolute Gasteiger partial charge is 0.573 e. The van der Waals surface area contributed by atoms with Crippen LogP contribution in [-0.4, -0.2) is 18.1 Å². The summed E-state index contributed by atoms with van der Waals surface area (Å²) in [7, 11) is 0. The highest BCUT2D eigenvalue weighted by Crippen LogP contribution is 2.27. The molecule has 0 heterocycles. The molecule has 1 atom stereocenters. The number of aliphatic hydroxyl groups is 1. The van der Waals surface area contributed by atoms with E-state index in [9.17, 15) is 17.6 Å². The lowest BCUT2D eigenvalue weighted by atomic mass is 10.0. The maximum atomic E-state index is 13.2. The highest BCUT2D eigenvalue weighted by atomic mass is 19.4. The third-order valence-electron chi connectivity index (χ3n) is 2.05. The summed E-state index contributed by atoms with van der Waals surface area (Å²) >= 11 is 0. The topological polar surface area (TPSA) is 55.5 Å². The summed E-state index contributed by atoms with van der Waals surface area (Å²) in [5.41, 5.74) is 5.86. The summed E-state index contributed by atoms with van der Waals surface area (Å²) < 4.78 is 52.3. The van der Waals surface area contributed by atoms with Crippen molar-refractivity contribution in [2.75, 3.05) is 6.61 Å². The van der Waals surface area contributed by atoms with Crippen LogP contribution in [0.1, 0.15) is 18.0 Å². The predicted octanol–water partition coefficient (Wildman–Crippen LogP) is 2.11. The van der Waals surface area contributed by atoms with Crippen molar-refractivity contribution in [2.24, 2.45) is 5.73 Å². The molecule has 3 N–H and O–H groups in total. The number of ether oxygens (including phenoxy) is 1. The fourth-order valence-electron chi connectivity index (χ4n) is 1.26. The van der Waals surface area contributed by atoms with E-state index >= 15 is 0 Å². The molecule has 1 aromatic carbocycles. The molecule has 0 fully saturated rings. The van der Waals surface area contributed by atoms with Gasteiger partial charge in [-0.25, -0.2) is 4.39 Å². The molecule has 0 aromatic heterocycles. The standard InChI is InChI=1S/C10H11F4NO2/c11-7-5-6(8(15)3-4-16)1-2-9(7)17-10(12,13)14/h1-2,5,8,16H,3-4,15H2/t8-/m0/s1. The number of alkyl halides is 3. The quantitative estimate of drug-likeness (QED) is 0.808. The first-order valence-corrected chi connectivity index (χ1v) is 4.75. The maximum Gasteiger partial charge on any atom is 0.573 e. The van der Waals surface area contributed by atoms with Crippen molar-refractivity contribution in [3.63, 3.8) is 0 Å². The number of nitrogens with two attached hydrogens (primary N) is 1. The van der Waals surface area contributed by atoms with Crippen LogP contribution in [-0.2, 0) is 0 Å². The lowest BCUT2D eigenvalue weighted by Gasteiger charge is -2.13. The number of aliphatic hydroxyl groups excluding tert-OH is 1. The molecule has 0 bridgehead atoms. The Morgan fingerprint density at radius 3 is 2.47 bits per heavy atom. The summed E-state index contributed by atoms with van der Waals surface area (Å²) in [6.45, 7) is -0.191. The van der Waals surface area contributed by atoms with Gasteiger partial charge in [-0.2, -0.15) is 0 Å². The minimum atomic E-state index is -4.93. The summed E-state index contributed by atoms with van der Waals surface area (Å²) in [5.74, 6) is -2.05. The van der Waals surface area contributed by atoms with E-state index in [1.807, 2.05) is 0 Å². The zero-order chi connectivity index (χ0) is 13.1. The van der Waals surface area contributed by atoms with E-state index in [1.165, 1.54) is 6.07 Å². The van der Waals surface area contributed by atoms with Gasteiger partial charge in [0.15, 0.2) is 11.6 Å². The van der Waals surface area contributed by atoms with Crippen LogP contribution in [0.4, 0.5) is 17.6 Å². The van der Waals surface area contributed by atoms with Crippen LogP contribution in [0.5, 0.6) is 5.75 Å². The highest BCUT2D eigenvalue weighted by molar-refractivity contribution is 5.31. The van der Waals surface area contributed by atoms with E-state index in [0.717, 1.165) is 12.1 Å². The lowest BCUT2D eigenvalue weighted by Crippen LogP contribution is -2.18. The molecule has 0 aliphatic carbocycles. The molecule has 0 saturated heterocycles.